The van der Waals surface area contributed by atoms with Gasteiger partial charge in [-0.3, -0.25) is 0 Å². The molecule has 0 heterocycles. The summed E-state index contributed by atoms with van der Waals surface area (Å²) in [4.78, 5) is 0. The maximum Gasteiger partial charge on any atom is 0.137 e. The third-order valence-electron chi connectivity index (χ3n) is 2.71. The highest BCUT2D eigenvalue weighted by Gasteiger charge is 2.03. The van der Waals surface area contributed by atoms with Gasteiger partial charge >= 0.3 is 0 Å². The molecule has 0 aromatic heterocycles. The van der Waals surface area contributed by atoms with Crippen molar-refractivity contribution < 1.29 is 10.1 Å². The summed E-state index contributed by atoms with van der Waals surface area (Å²) in [7, 11) is 0. The van der Waals surface area contributed by atoms with Crippen LogP contribution in [0.5, 0.6) is 5.75 Å². The predicted octanol–water partition coefficient (Wildman–Crippen LogP) is 3.23. The smallest absolute Gasteiger partial charge is 0.137 e. The maximum absolute atomic E-state index is 6.05. The van der Waals surface area contributed by atoms with Gasteiger partial charge in [-0.15, -0.1) is 0 Å². The summed E-state index contributed by atoms with van der Waals surface area (Å²) in [6.45, 7) is 6.27. The number of rotatable bonds is 7. The van der Waals surface area contributed by atoms with E-state index in [-0.39, 0.29) is 0 Å². The second kappa shape index (κ2) is 7.96. The summed E-state index contributed by atoms with van der Waals surface area (Å²) in [5.41, 5.74) is 0. The zero-order valence-electron chi connectivity index (χ0n) is 10.4. The Hall–Kier alpha value is -0.250. The molecular formula is C13H20BrClNO+. The molecular weight excluding hydrogens is 302 g/mol. The Morgan fingerprint density at radius 2 is 2.24 bits per heavy atom. The van der Waals surface area contributed by atoms with Gasteiger partial charge in [0.1, 0.15) is 5.75 Å². The van der Waals surface area contributed by atoms with Crippen LogP contribution in [0.4, 0.5) is 0 Å². The fourth-order valence-electron chi connectivity index (χ4n) is 1.43. The van der Waals surface area contributed by atoms with Gasteiger partial charge in [0.2, 0.25) is 0 Å². The van der Waals surface area contributed by atoms with E-state index in [4.69, 9.17) is 16.3 Å². The van der Waals surface area contributed by atoms with Crippen molar-refractivity contribution >= 4 is 27.5 Å². The van der Waals surface area contributed by atoms with Crippen LogP contribution in [0.1, 0.15) is 26.7 Å². The maximum atomic E-state index is 6.05. The Morgan fingerprint density at radius 1 is 1.47 bits per heavy atom. The number of halogens is 2. The summed E-state index contributed by atoms with van der Waals surface area (Å²) < 4.78 is 6.61. The Kier molecular flexibility index (Phi) is 6.93. The molecule has 17 heavy (non-hydrogen) atoms. The second-order valence-corrected chi connectivity index (χ2v) is 5.51. The molecule has 0 unspecified atom stereocenters. The highest BCUT2D eigenvalue weighted by Crippen LogP contribution is 2.27. The molecule has 0 aliphatic carbocycles. The second-order valence-electron chi connectivity index (χ2n) is 4.19. The van der Waals surface area contributed by atoms with Crippen molar-refractivity contribution in [2.75, 3.05) is 13.2 Å². The van der Waals surface area contributed by atoms with E-state index < -0.39 is 0 Å². The monoisotopic (exact) mass is 320 g/mol. The summed E-state index contributed by atoms with van der Waals surface area (Å²) in [6, 6.07) is 6.38. The van der Waals surface area contributed by atoms with Crippen LogP contribution < -0.4 is 10.1 Å². The first kappa shape index (κ1) is 14.8. The van der Waals surface area contributed by atoms with Gasteiger partial charge in [0.05, 0.1) is 24.2 Å². The third kappa shape index (κ3) is 5.75. The molecule has 0 amide bonds. The van der Waals surface area contributed by atoms with Crippen LogP contribution in [0.2, 0.25) is 5.02 Å². The minimum Gasteiger partial charge on any atom is -0.492 e. The van der Waals surface area contributed by atoms with Gasteiger partial charge in [-0.2, -0.15) is 0 Å². The predicted molar refractivity (Wildman–Crippen MR) is 75.8 cm³/mol. The van der Waals surface area contributed by atoms with E-state index in [9.17, 15) is 0 Å². The lowest BCUT2D eigenvalue weighted by atomic mass is 10.2. The van der Waals surface area contributed by atoms with Crippen molar-refractivity contribution in [1.29, 1.82) is 0 Å². The Bertz CT molecular complexity index is 346. The Morgan fingerprint density at radius 3 is 2.88 bits per heavy atom. The van der Waals surface area contributed by atoms with Crippen LogP contribution in [-0.4, -0.2) is 19.2 Å². The summed E-state index contributed by atoms with van der Waals surface area (Å²) in [5.74, 6) is 0.762. The van der Waals surface area contributed by atoms with Crippen molar-refractivity contribution in [3.8, 4) is 5.75 Å². The van der Waals surface area contributed by atoms with Gasteiger partial charge in [0.15, 0.2) is 0 Å². The van der Waals surface area contributed by atoms with Crippen LogP contribution in [0.25, 0.3) is 0 Å². The van der Waals surface area contributed by atoms with E-state index in [1.54, 1.807) is 0 Å². The van der Waals surface area contributed by atoms with Crippen molar-refractivity contribution in [3.63, 3.8) is 0 Å². The summed E-state index contributed by atoms with van der Waals surface area (Å²) >= 11 is 9.42. The van der Waals surface area contributed by atoms with Crippen LogP contribution in [0, 0.1) is 0 Å². The van der Waals surface area contributed by atoms with Gasteiger partial charge in [0, 0.05) is 10.9 Å². The summed E-state index contributed by atoms with van der Waals surface area (Å²) in [6.07, 6.45) is 2.25. The van der Waals surface area contributed by atoms with Gasteiger partial charge < -0.3 is 10.1 Å². The molecule has 4 heteroatoms. The first-order valence-electron chi connectivity index (χ1n) is 6.04. The zero-order valence-corrected chi connectivity index (χ0v) is 12.7. The average molecular weight is 322 g/mol. The lowest BCUT2D eigenvalue weighted by Crippen LogP contribution is -2.89. The van der Waals surface area contributed by atoms with Crippen LogP contribution in [-0.2, 0) is 0 Å². The largest absolute Gasteiger partial charge is 0.492 e. The standard InChI is InChI=1S/C13H19BrClNO/c1-3-10(2)16-7-4-8-17-13-6-5-11(14)9-12(13)15/h5-6,9-10,16H,3-4,7-8H2,1-2H3/p+1/t10-/m1/s1. The normalized spacial score (nSPS) is 12.5. The lowest BCUT2D eigenvalue weighted by Gasteiger charge is -2.10. The van der Waals surface area contributed by atoms with E-state index in [1.165, 1.54) is 6.42 Å². The molecule has 0 spiro atoms. The van der Waals surface area contributed by atoms with E-state index in [1.807, 2.05) is 18.2 Å². The van der Waals surface area contributed by atoms with Gasteiger partial charge in [-0.25, -0.2) is 0 Å². The molecule has 0 saturated carbocycles. The Balaban J connectivity index is 2.22. The van der Waals surface area contributed by atoms with Gasteiger partial charge in [0.25, 0.3) is 0 Å². The van der Waals surface area contributed by atoms with Crippen molar-refractivity contribution in [2.45, 2.75) is 32.7 Å². The minimum absolute atomic E-state index is 0.658. The molecule has 0 radical (unpaired) electrons. The van der Waals surface area contributed by atoms with Crippen molar-refractivity contribution in [3.05, 3.63) is 27.7 Å². The molecule has 0 saturated heterocycles. The first-order valence-corrected chi connectivity index (χ1v) is 7.21. The highest BCUT2D eigenvalue weighted by atomic mass is 79.9. The van der Waals surface area contributed by atoms with Crippen LogP contribution in [0.3, 0.4) is 0 Å². The zero-order chi connectivity index (χ0) is 12.7. The third-order valence-corrected chi connectivity index (χ3v) is 3.50. The molecule has 2 N–H and O–H groups in total. The number of nitrogens with two attached hydrogens (primary N) is 1. The van der Waals surface area contributed by atoms with E-state index in [0.717, 1.165) is 23.2 Å². The highest BCUT2D eigenvalue weighted by molar-refractivity contribution is 9.10. The lowest BCUT2D eigenvalue weighted by molar-refractivity contribution is -0.686. The summed E-state index contributed by atoms with van der Waals surface area (Å²) in [5, 5.41) is 3.01. The molecule has 2 nitrogen and oxygen atoms in total. The molecule has 1 aromatic carbocycles. The fraction of sp³-hybridized carbons (Fsp3) is 0.538. The number of benzene rings is 1. The average Bonchev–Trinajstić information content (AvgIpc) is 2.30. The van der Waals surface area contributed by atoms with Crippen molar-refractivity contribution in [1.82, 2.24) is 0 Å². The van der Waals surface area contributed by atoms with Crippen LogP contribution in [0.15, 0.2) is 22.7 Å². The molecule has 1 atom stereocenters. The number of ether oxygens (including phenoxy) is 1. The Labute approximate surface area is 117 Å². The molecule has 0 fully saturated rings. The topological polar surface area (TPSA) is 25.8 Å². The van der Waals surface area contributed by atoms with E-state index >= 15 is 0 Å². The van der Waals surface area contributed by atoms with Crippen molar-refractivity contribution in [2.24, 2.45) is 0 Å². The minimum atomic E-state index is 0.658. The number of hydrogen-bond donors (Lipinski definition) is 1. The number of quaternary nitrogens is 1. The SMILES string of the molecule is CC[C@@H](C)[NH2+]CCCOc1ccc(Br)cc1Cl. The first-order chi connectivity index (χ1) is 8.13. The van der Waals surface area contributed by atoms with E-state index in [0.29, 0.717) is 17.7 Å². The quantitative estimate of drug-likeness (QED) is 0.767. The molecule has 96 valence electrons. The van der Waals surface area contributed by atoms with Gasteiger partial charge in [-0.1, -0.05) is 34.5 Å². The van der Waals surface area contributed by atoms with Crippen LogP contribution >= 0.6 is 27.5 Å². The van der Waals surface area contributed by atoms with Gasteiger partial charge in [-0.05, 0) is 31.5 Å². The molecule has 0 aliphatic heterocycles. The fourth-order valence-corrected chi connectivity index (χ4v) is 2.15. The van der Waals surface area contributed by atoms with E-state index in [2.05, 4.69) is 35.1 Å². The molecule has 0 aliphatic rings. The molecule has 0 bridgehead atoms. The molecule has 1 aromatic rings. The number of hydrogen-bond acceptors (Lipinski definition) is 1. The molecule has 1 rings (SSSR count).